The first kappa shape index (κ1) is 14.2. The van der Waals surface area contributed by atoms with E-state index in [1.165, 1.54) is 10.6 Å². The van der Waals surface area contributed by atoms with Gasteiger partial charge in [0.1, 0.15) is 5.56 Å². The van der Waals surface area contributed by atoms with Crippen molar-refractivity contribution in [1.82, 2.24) is 9.47 Å². The van der Waals surface area contributed by atoms with Crippen molar-refractivity contribution >= 4 is 21.8 Å². The summed E-state index contributed by atoms with van der Waals surface area (Å²) < 4.78 is 28.2. The summed E-state index contributed by atoms with van der Waals surface area (Å²) in [5, 5.41) is 0. The molecule has 0 aromatic carbocycles. The van der Waals surface area contributed by atoms with Gasteiger partial charge >= 0.3 is 0 Å². The number of halogens is 3. The van der Waals surface area contributed by atoms with Gasteiger partial charge in [-0.25, -0.2) is 8.78 Å². The maximum absolute atomic E-state index is 13.1. The molecule has 0 atom stereocenters. The molecule has 0 aliphatic carbocycles. The molecule has 0 radical (unpaired) electrons. The minimum atomic E-state index is -2.86. The number of hydrogen-bond acceptors (Lipinski definition) is 2. The molecule has 4 nitrogen and oxygen atoms in total. The largest absolute Gasteiger partial charge is 0.332 e. The van der Waals surface area contributed by atoms with Gasteiger partial charge in [0, 0.05) is 30.2 Å². The molecular weight excluding hydrogens is 322 g/mol. The molecule has 7 heteroatoms. The third-order valence-electron chi connectivity index (χ3n) is 3.08. The SMILES string of the molecule is CCn1cc(Br)cc(C(=O)N2CCC(F)(F)C2)c1=O. The van der Waals surface area contributed by atoms with E-state index < -0.39 is 23.9 Å². The molecule has 1 aliphatic heterocycles. The van der Waals surface area contributed by atoms with E-state index in [1.54, 1.807) is 13.1 Å². The molecule has 0 bridgehead atoms. The van der Waals surface area contributed by atoms with Crippen LogP contribution in [0.4, 0.5) is 8.78 Å². The van der Waals surface area contributed by atoms with Gasteiger partial charge < -0.3 is 9.47 Å². The van der Waals surface area contributed by atoms with Crippen molar-refractivity contribution in [2.45, 2.75) is 25.8 Å². The lowest BCUT2D eigenvalue weighted by Crippen LogP contribution is -2.36. The second-order valence-electron chi connectivity index (χ2n) is 4.50. The summed E-state index contributed by atoms with van der Waals surface area (Å²) >= 11 is 3.21. The van der Waals surface area contributed by atoms with Crippen LogP contribution in [0.5, 0.6) is 0 Å². The molecule has 1 amide bonds. The number of nitrogens with zero attached hydrogens (tertiary/aromatic N) is 2. The van der Waals surface area contributed by atoms with Gasteiger partial charge in [-0.1, -0.05) is 0 Å². The first-order chi connectivity index (χ1) is 8.84. The first-order valence-corrected chi connectivity index (χ1v) is 6.70. The average Bonchev–Trinajstić information content (AvgIpc) is 2.71. The summed E-state index contributed by atoms with van der Waals surface area (Å²) in [7, 11) is 0. The van der Waals surface area contributed by atoms with Crippen molar-refractivity contribution in [1.29, 1.82) is 0 Å². The van der Waals surface area contributed by atoms with Crippen molar-refractivity contribution in [3.05, 3.63) is 32.7 Å². The maximum atomic E-state index is 13.1. The highest BCUT2D eigenvalue weighted by Crippen LogP contribution is 2.27. The Morgan fingerprint density at radius 1 is 1.53 bits per heavy atom. The summed E-state index contributed by atoms with van der Waals surface area (Å²) in [6, 6.07) is 1.38. The molecule has 1 aliphatic rings. The first-order valence-electron chi connectivity index (χ1n) is 5.91. The maximum Gasteiger partial charge on any atom is 0.267 e. The number of rotatable bonds is 2. The van der Waals surface area contributed by atoms with E-state index in [4.69, 9.17) is 0 Å². The number of pyridine rings is 1. The molecule has 1 aromatic rings. The van der Waals surface area contributed by atoms with Crippen LogP contribution < -0.4 is 5.56 Å². The Kier molecular flexibility index (Phi) is 3.75. The van der Waals surface area contributed by atoms with Crippen LogP contribution in [-0.4, -0.2) is 34.4 Å². The van der Waals surface area contributed by atoms with Crippen LogP contribution in [0.25, 0.3) is 0 Å². The van der Waals surface area contributed by atoms with Crippen LogP contribution >= 0.6 is 15.9 Å². The van der Waals surface area contributed by atoms with Crippen molar-refractivity contribution in [2.24, 2.45) is 0 Å². The fourth-order valence-corrected chi connectivity index (χ4v) is 2.54. The minimum absolute atomic E-state index is 0.0239. The molecule has 2 heterocycles. The molecule has 19 heavy (non-hydrogen) atoms. The fraction of sp³-hybridized carbons (Fsp3) is 0.500. The molecule has 0 saturated carbocycles. The van der Waals surface area contributed by atoms with Gasteiger partial charge in [-0.05, 0) is 28.9 Å². The number of hydrogen-bond donors (Lipinski definition) is 0. The summed E-state index contributed by atoms with van der Waals surface area (Å²) in [6.45, 7) is 1.54. The van der Waals surface area contributed by atoms with Crippen molar-refractivity contribution in [3.63, 3.8) is 0 Å². The number of alkyl halides is 2. The van der Waals surface area contributed by atoms with E-state index in [0.29, 0.717) is 11.0 Å². The predicted molar refractivity (Wildman–Crippen MR) is 69.5 cm³/mol. The summed E-state index contributed by atoms with van der Waals surface area (Å²) in [5.74, 6) is -3.49. The summed E-state index contributed by atoms with van der Waals surface area (Å²) in [5.41, 5.74) is -0.528. The van der Waals surface area contributed by atoms with Crippen molar-refractivity contribution in [3.8, 4) is 0 Å². The topological polar surface area (TPSA) is 42.3 Å². The van der Waals surface area contributed by atoms with Gasteiger partial charge in [0.2, 0.25) is 0 Å². The van der Waals surface area contributed by atoms with Crippen LogP contribution in [0.15, 0.2) is 21.5 Å². The van der Waals surface area contributed by atoms with Crippen molar-refractivity contribution in [2.75, 3.05) is 13.1 Å². The van der Waals surface area contributed by atoms with Gasteiger partial charge in [-0.2, -0.15) is 0 Å². The second kappa shape index (κ2) is 5.03. The van der Waals surface area contributed by atoms with Gasteiger partial charge in [-0.15, -0.1) is 0 Å². The van der Waals surface area contributed by atoms with E-state index >= 15 is 0 Å². The fourth-order valence-electron chi connectivity index (χ4n) is 2.07. The van der Waals surface area contributed by atoms with E-state index in [1.807, 2.05) is 0 Å². The van der Waals surface area contributed by atoms with Gasteiger partial charge in [0.25, 0.3) is 17.4 Å². The third kappa shape index (κ3) is 2.86. The number of aryl methyl sites for hydroxylation is 1. The molecule has 1 aromatic heterocycles. The number of carbonyl (C=O) groups excluding carboxylic acids is 1. The Balaban J connectivity index is 2.35. The average molecular weight is 335 g/mol. The van der Waals surface area contributed by atoms with E-state index in [0.717, 1.165) is 4.90 Å². The molecule has 1 fully saturated rings. The van der Waals surface area contributed by atoms with E-state index in [2.05, 4.69) is 15.9 Å². The van der Waals surface area contributed by atoms with E-state index in [-0.39, 0.29) is 18.5 Å². The Hall–Kier alpha value is -1.24. The standard InChI is InChI=1S/C12H13BrF2N2O2/c1-2-16-6-8(13)5-9(10(16)18)11(19)17-4-3-12(14,15)7-17/h5-6H,2-4,7H2,1H3. The zero-order chi connectivity index (χ0) is 14.2. The smallest absolute Gasteiger partial charge is 0.267 e. The van der Waals surface area contributed by atoms with E-state index in [9.17, 15) is 18.4 Å². The monoisotopic (exact) mass is 334 g/mol. The molecule has 0 unspecified atom stereocenters. The predicted octanol–water partition coefficient (Wildman–Crippen LogP) is 2.11. The van der Waals surface area contributed by atoms with Crippen LogP contribution in [0.1, 0.15) is 23.7 Å². The summed E-state index contributed by atoms with van der Waals surface area (Å²) in [4.78, 5) is 25.2. The Labute approximate surface area is 117 Å². The number of aromatic nitrogens is 1. The molecule has 104 valence electrons. The number of likely N-dealkylation sites (tertiary alicyclic amines) is 1. The Bertz CT molecular complexity index is 571. The molecule has 1 saturated heterocycles. The minimum Gasteiger partial charge on any atom is -0.332 e. The highest BCUT2D eigenvalue weighted by atomic mass is 79.9. The quantitative estimate of drug-likeness (QED) is 0.831. The molecule has 0 spiro atoms. The van der Waals surface area contributed by atoms with Gasteiger partial charge in [0.15, 0.2) is 0 Å². The normalized spacial score (nSPS) is 17.8. The third-order valence-corrected chi connectivity index (χ3v) is 3.51. The lowest BCUT2D eigenvalue weighted by atomic mass is 10.2. The van der Waals surface area contributed by atoms with Crippen LogP contribution in [-0.2, 0) is 6.54 Å². The second-order valence-corrected chi connectivity index (χ2v) is 5.41. The lowest BCUT2D eigenvalue weighted by molar-refractivity contribution is 0.0120. The molecule has 2 rings (SSSR count). The zero-order valence-corrected chi connectivity index (χ0v) is 11.9. The van der Waals surface area contributed by atoms with Crippen molar-refractivity contribution < 1.29 is 13.6 Å². The van der Waals surface area contributed by atoms with Crippen LogP contribution in [0.2, 0.25) is 0 Å². The lowest BCUT2D eigenvalue weighted by Gasteiger charge is -2.16. The highest BCUT2D eigenvalue weighted by molar-refractivity contribution is 9.10. The van der Waals surface area contributed by atoms with Gasteiger partial charge in [-0.3, -0.25) is 9.59 Å². The summed E-state index contributed by atoms with van der Waals surface area (Å²) in [6.07, 6.45) is 1.21. The Morgan fingerprint density at radius 3 is 2.74 bits per heavy atom. The zero-order valence-electron chi connectivity index (χ0n) is 10.3. The van der Waals surface area contributed by atoms with Crippen LogP contribution in [0, 0.1) is 0 Å². The highest BCUT2D eigenvalue weighted by Gasteiger charge is 2.41. The van der Waals surface area contributed by atoms with Gasteiger partial charge in [0.05, 0.1) is 6.54 Å². The van der Waals surface area contributed by atoms with Crippen LogP contribution in [0.3, 0.4) is 0 Å². The molecular formula is C12H13BrF2N2O2. The number of carbonyl (C=O) groups is 1. The number of amides is 1. The molecule has 0 N–H and O–H groups in total. The Morgan fingerprint density at radius 2 is 2.21 bits per heavy atom.